The van der Waals surface area contributed by atoms with Crippen molar-refractivity contribution in [3.05, 3.63) is 71.3 Å². The lowest BCUT2D eigenvalue weighted by Crippen LogP contribution is -2.27. The Morgan fingerprint density at radius 1 is 1.00 bits per heavy atom. The Morgan fingerprint density at radius 2 is 1.62 bits per heavy atom. The number of hydrogen-bond acceptors (Lipinski definition) is 4. The van der Waals surface area contributed by atoms with Crippen molar-refractivity contribution < 1.29 is 19.1 Å². The molecule has 0 radical (unpaired) electrons. The fraction of sp³-hybridized carbons (Fsp3) is 0.333. The van der Waals surface area contributed by atoms with Crippen LogP contribution in [0.25, 0.3) is 0 Å². The van der Waals surface area contributed by atoms with Crippen molar-refractivity contribution >= 4 is 12.1 Å². The van der Waals surface area contributed by atoms with E-state index in [-0.39, 0.29) is 18.6 Å². The summed E-state index contributed by atoms with van der Waals surface area (Å²) in [6, 6.07) is 16.2. The minimum Gasteiger partial charge on any atom is -0.456 e. The highest BCUT2D eigenvalue weighted by atomic mass is 16.6. The SMILES string of the molecule is C[C@H](NC(=O)OCc1ccccc1)c1ccc(C(=O)OC(C)(C)C)cc1. The van der Waals surface area contributed by atoms with Crippen LogP contribution in [-0.2, 0) is 16.1 Å². The van der Waals surface area contributed by atoms with Crippen molar-refractivity contribution in [1.82, 2.24) is 5.32 Å². The van der Waals surface area contributed by atoms with Crippen LogP contribution in [0, 0.1) is 0 Å². The van der Waals surface area contributed by atoms with Crippen LogP contribution in [0.2, 0.25) is 0 Å². The van der Waals surface area contributed by atoms with Crippen LogP contribution in [-0.4, -0.2) is 17.7 Å². The summed E-state index contributed by atoms with van der Waals surface area (Å²) in [5.74, 6) is -0.369. The number of carbonyl (C=O) groups is 2. The van der Waals surface area contributed by atoms with Crippen molar-refractivity contribution in [1.29, 1.82) is 0 Å². The normalized spacial score (nSPS) is 12.2. The fourth-order valence-corrected chi connectivity index (χ4v) is 2.27. The largest absolute Gasteiger partial charge is 0.456 e. The minimum absolute atomic E-state index is 0.219. The summed E-state index contributed by atoms with van der Waals surface area (Å²) in [6.45, 7) is 7.55. The Kier molecular flexibility index (Phi) is 6.39. The lowest BCUT2D eigenvalue weighted by molar-refractivity contribution is 0.00694. The molecule has 5 nitrogen and oxygen atoms in total. The van der Waals surface area contributed by atoms with E-state index < -0.39 is 11.7 Å². The maximum Gasteiger partial charge on any atom is 0.407 e. The maximum absolute atomic E-state index is 12.0. The lowest BCUT2D eigenvalue weighted by atomic mass is 10.1. The molecular weight excluding hydrogens is 330 g/mol. The van der Waals surface area contributed by atoms with Gasteiger partial charge in [-0.05, 0) is 51.0 Å². The Labute approximate surface area is 154 Å². The molecule has 2 aromatic carbocycles. The van der Waals surface area contributed by atoms with Crippen molar-refractivity contribution in [3.8, 4) is 0 Å². The van der Waals surface area contributed by atoms with E-state index in [0.29, 0.717) is 5.56 Å². The first-order chi connectivity index (χ1) is 12.2. The molecule has 0 aliphatic rings. The molecule has 0 saturated carbocycles. The van der Waals surface area contributed by atoms with Gasteiger partial charge >= 0.3 is 12.1 Å². The molecule has 0 aliphatic carbocycles. The zero-order valence-corrected chi connectivity index (χ0v) is 15.6. The molecule has 5 heteroatoms. The van der Waals surface area contributed by atoms with Gasteiger partial charge in [-0.1, -0.05) is 42.5 Å². The van der Waals surface area contributed by atoms with E-state index in [1.807, 2.05) is 58.0 Å². The van der Waals surface area contributed by atoms with Crippen molar-refractivity contribution in [2.75, 3.05) is 0 Å². The van der Waals surface area contributed by atoms with E-state index in [9.17, 15) is 9.59 Å². The predicted octanol–water partition coefficient (Wildman–Crippen LogP) is 4.63. The molecule has 2 aromatic rings. The van der Waals surface area contributed by atoms with Gasteiger partial charge in [-0.2, -0.15) is 0 Å². The Balaban J connectivity index is 1.88. The number of benzene rings is 2. The molecule has 0 unspecified atom stereocenters. The van der Waals surface area contributed by atoms with E-state index in [1.165, 1.54) is 0 Å². The van der Waals surface area contributed by atoms with Crippen molar-refractivity contribution in [2.45, 2.75) is 45.9 Å². The summed E-state index contributed by atoms with van der Waals surface area (Å²) >= 11 is 0. The standard InChI is InChI=1S/C21H25NO4/c1-15(22-20(24)25-14-16-8-6-5-7-9-16)17-10-12-18(13-11-17)19(23)26-21(2,3)4/h5-13,15H,14H2,1-4H3,(H,22,24)/t15-/m0/s1. The van der Waals surface area contributed by atoms with Crippen LogP contribution in [0.15, 0.2) is 54.6 Å². The highest BCUT2D eigenvalue weighted by Gasteiger charge is 2.18. The molecule has 0 spiro atoms. The number of alkyl carbamates (subject to hydrolysis) is 1. The molecule has 0 fully saturated rings. The Morgan fingerprint density at radius 3 is 2.19 bits per heavy atom. The number of carbonyl (C=O) groups excluding carboxylic acids is 2. The smallest absolute Gasteiger partial charge is 0.407 e. The summed E-state index contributed by atoms with van der Waals surface area (Å²) < 4.78 is 10.5. The third-order valence-electron chi connectivity index (χ3n) is 3.59. The molecule has 0 saturated heterocycles. The molecule has 138 valence electrons. The van der Waals surface area contributed by atoms with Gasteiger partial charge in [0.1, 0.15) is 12.2 Å². The quantitative estimate of drug-likeness (QED) is 0.794. The van der Waals surface area contributed by atoms with Crippen LogP contribution in [0.4, 0.5) is 4.79 Å². The molecule has 1 N–H and O–H groups in total. The number of ether oxygens (including phenoxy) is 2. The zero-order chi connectivity index (χ0) is 19.2. The molecule has 1 amide bonds. The molecular formula is C21H25NO4. The van der Waals surface area contributed by atoms with E-state index in [2.05, 4.69) is 5.32 Å². The number of rotatable bonds is 5. The molecule has 0 aromatic heterocycles. The fourth-order valence-electron chi connectivity index (χ4n) is 2.27. The second-order valence-electron chi connectivity index (χ2n) is 7.05. The molecule has 1 atom stereocenters. The molecule has 2 rings (SSSR count). The first-order valence-corrected chi connectivity index (χ1v) is 8.55. The van der Waals surface area contributed by atoms with Gasteiger partial charge in [0.15, 0.2) is 0 Å². The first-order valence-electron chi connectivity index (χ1n) is 8.55. The molecule has 0 bridgehead atoms. The number of hydrogen-bond donors (Lipinski definition) is 1. The monoisotopic (exact) mass is 355 g/mol. The van der Waals surface area contributed by atoms with Crippen molar-refractivity contribution in [2.24, 2.45) is 0 Å². The van der Waals surface area contributed by atoms with Gasteiger partial charge in [0.25, 0.3) is 0 Å². The first kappa shape index (κ1) is 19.5. The average molecular weight is 355 g/mol. The van der Waals surface area contributed by atoms with Crippen molar-refractivity contribution in [3.63, 3.8) is 0 Å². The topological polar surface area (TPSA) is 64.6 Å². The van der Waals surface area contributed by atoms with Gasteiger partial charge in [-0.25, -0.2) is 9.59 Å². The van der Waals surface area contributed by atoms with Gasteiger partial charge in [-0.15, -0.1) is 0 Å². The number of amides is 1. The molecule has 0 aliphatic heterocycles. The van der Waals surface area contributed by atoms with Gasteiger partial charge in [0, 0.05) is 0 Å². The second-order valence-corrected chi connectivity index (χ2v) is 7.05. The third kappa shape index (κ3) is 6.24. The van der Waals surface area contributed by atoms with Gasteiger partial charge in [-0.3, -0.25) is 0 Å². The maximum atomic E-state index is 12.0. The summed E-state index contributed by atoms with van der Waals surface area (Å²) in [7, 11) is 0. The van der Waals surface area contributed by atoms with Gasteiger partial charge in [0.05, 0.1) is 11.6 Å². The number of esters is 1. The van der Waals surface area contributed by atoms with Crippen LogP contribution in [0.3, 0.4) is 0 Å². The van der Waals surface area contributed by atoms with Gasteiger partial charge in [0.2, 0.25) is 0 Å². The summed E-state index contributed by atoms with van der Waals surface area (Å²) in [5, 5.41) is 2.78. The van der Waals surface area contributed by atoms with Crippen LogP contribution >= 0.6 is 0 Å². The van der Waals surface area contributed by atoms with Crippen LogP contribution < -0.4 is 5.32 Å². The zero-order valence-electron chi connectivity index (χ0n) is 15.6. The average Bonchev–Trinajstić information content (AvgIpc) is 2.59. The van der Waals surface area contributed by atoms with E-state index in [1.54, 1.807) is 24.3 Å². The predicted molar refractivity (Wildman–Crippen MR) is 99.8 cm³/mol. The lowest BCUT2D eigenvalue weighted by Gasteiger charge is -2.20. The second kappa shape index (κ2) is 8.52. The summed E-state index contributed by atoms with van der Waals surface area (Å²) in [4.78, 5) is 24.0. The Hall–Kier alpha value is -2.82. The number of nitrogens with one attached hydrogen (secondary N) is 1. The minimum atomic E-state index is -0.535. The van der Waals surface area contributed by atoms with E-state index in [0.717, 1.165) is 11.1 Å². The van der Waals surface area contributed by atoms with Crippen LogP contribution in [0.5, 0.6) is 0 Å². The summed E-state index contributed by atoms with van der Waals surface area (Å²) in [5.41, 5.74) is 1.74. The molecule has 26 heavy (non-hydrogen) atoms. The summed E-state index contributed by atoms with van der Waals surface area (Å²) in [6.07, 6.45) is -0.488. The van der Waals surface area contributed by atoms with Gasteiger partial charge < -0.3 is 14.8 Å². The Bertz CT molecular complexity index is 733. The molecule has 0 heterocycles. The van der Waals surface area contributed by atoms with Crippen LogP contribution in [0.1, 0.15) is 55.2 Å². The van der Waals surface area contributed by atoms with E-state index in [4.69, 9.17) is 9.47 Å². The highest BCUT2D eigenvalue weighted by Crippen LogP contribution is 2.16. The van der Waals surface area contributed by atoms with E-state index >= 15 is 0 Å². The highest BCUT2D eigenvalue weighted by molar-refractivity contribution is 5.89. The third-order valence-corrected chi connectivity index (χ3v) is 3.59.